The van der Waals surface area contributed by atoms with E-state index in [2.05, 4.69) is 4.72 Å². The minimum Gasteiger partial charge on any atom is -0.481 e. The summed E-state index contributed by atoms with van der Waals surface area (Å²) >= 11 is 0. The van der Waals surface area contributed by atoms with Gasteiger partial charge in [0.1, 0.15) is 0 Å². The van der Waals surface area contributed by atoms with Crippen molar-refractivity contribution >= 4 is 16.0 Å². The van der Waals surface area contributed by atoms with Crippen LogP contribution in [0.1, 0.15) is 37.8 Å². The van der Waals surface area contributed by atoms with E-state index < -0.39 is 21.5 Å². The lowest BCUT2D eigenvalue weighted by atomic mass is 10.0. The third-order valence-electron chi connectivity index (χ3n) is 2.99. The Morgan fingerprint density at radius 2 is 1.90 bits per heavy atom. The Labute approximate surface area is 120 Å². The molecule has 0 aliphatic rings. The standard InChI is InChI=1S/C14H21NO4S/c1-10-5-6-12(11(2)9-10)20(18,19)15-14(3,4)8-7-13(16)17/h5-6,9,15H,7-8H2,1-4H3,(H,16,17). The van der Waals surface area contributed by atoms with Gasteiger partial charge in [-0.2, -0.15) is 0 Å². The summed E-state index contributed by atoms with van der Waals surface area (Å²) in [6.45, 7) is 6.99. The Balaban J connectivity index is 2.97. The molecule has 0 unspecified atom stereocenters. The average molecular weight is 299 g/mol. The second-order valence-corrected chi connectivity index (χ2v) is 7.30. The lowest BCUT2D eigenvalue weighted by Crippen LogP contribution is -2.43. The summed E-state index contributed by atoms with van der Waals surface area (Å²) in [5.74, 6) is -0.941. The van der Waals surface area contributed by atoms with Crippen LogP contribution in [0.15, 0.2) is 23.1 Å². The van der Waals surface area contributed by atoms with Gasteiger partial charge in [0.15, 0.2) is 0 Å². The van der Waals surface area contributed by atoms with Crippen LogP contribution in [0.2, 0.25) is 0 Å². The molecule has 20 heavy (non-hydrogen) atoms. The van der Waals surface area contributed by atoms with Gasteiger partial charge in [-0.15, -0.1) is 0 Å². The van der Waals surface area contributed by atoms with Crippen LogP contribution in [0.4, 0.5) is 0 Å². The molecule has 0 saturated heterocycles. The number of carbonyl (C=O) groups is 1. The fraction of sp³-hybridized carbons (Fsp3) is 0.500. The van der Waals surface area contributed by atoms with E-state index in [4.69, 9.17) is 5.11 Å². The lowest BCUT2D eigenvalue weighted by Gasteiger charge is -2.25. The van der Waals surface area contributed by atoms with E-state index in [0.29, 0.717) is 5.56 Å². The topological polar surface area (TPSA) is 83.5 Å². The van der Waals surface area contributed by atoms with Crippen LogP contribution in [0.3, 0.4) is 0 Å². The highest BCUT2D eigenvalue weighted by Crippen LogP contribution is 2.20. The molecule has 5 nitrogen and oxygen atoms in total. The van der Waals surface area contributed by atoms with Crippen molar-refractivity contribution in [1.29, 1.82) is 0 Å². The number of aryl methyl sites for hydroxylation is 2. The maximum Gasteiger partial charge on any atom is 0.303 e. The van der Waals surface area contributed by atoms with Gasteiger partial charge in [0, 0.05) is 12.0 Å². The van der Waals surface area contributed by atoms with Crippen molar-refractivity contribution in [2.24, 2.45) is 0 Å². The van der Waals surface area contributed by atoms with Gasteiger partial charge in [-0.25, -0.2) is 13.1 Å². The molecule has 0 spiro atoms. The largest absolute Gasteiger partial charge is 0.481 e. The van der Waals surface area contributed by atoms with Crippen molar-refractivity contribution in [2.75, 3.05) is 0 Å². The number of hydrogen-bond donors (Lipinski definition) is 2. The van der Waals surface area contributed by atoms with Gasteiger partial charge in [0.2, 0.25) is 10.0 Å². The molecule has 0 radical (unpaired) electrons. The number of carboxylic acids is 1. The molecule has 1 rings (SSSR count). The Morgan fingerprint density at radius 1 is 1.30 bits per heavy atom. The maximum absolute atomic E-state index is 12.4. The zero-order chi connectivity index (χ0) is 15.6. The van der Waals surface area contributed by atoms with Gasteiger partial charge < -0.3 is 5.11 Å². The van der Waals surface area contributed by atoms with Crippen molar-refractivity contribution in [2.45, 2.75) is 51.0 Å². The SMILES string of the molecule is Cc1ccc(S(=O)(=O)NC(C)(C)CCC(=O)O)c(C)c1. The maximum atomic E-state index is 12.4. The molecule has 6 heteroatoms. The fourth-order valence-corrected chi connectivity index (χ4v) is 3.66. The Bertz CT molecular complexity index is 606. The molecule has 0 aromatic heterocycles. The first-order valence-electron chi connectivity index (χ1n) is 6.36. The molecule has 0 bridgehead atoms. The van der Waals surface area contributed by atoms with Gasteiger partial charge >= 0.3 is 5.97 Å². The highest BCUT2D eigenvalue weighted by molar-refractivity contribution is 7.89. The number of nitrogens with one attached hydrogen (secondary N) is 1. The van der Waals surface area contributed by atoms with Gasteiger partial charge in [0.25, 0.3) is 0 Å². The van der Waals surface area contributed by atoms with Crippen molar-refractivity contribution < 1.29 is 18.3 Å². The minimum atomic E-state index is -3.66. The Morgan fingerprint density at radius 3 is 2.40 bits per heavy atom. The van der Waals surface area contributed by atoms with Gasteiger partial charge in [-0.1, -0.05) is 17.7 Å². The predicted octanol–water partition coefficient (Wildman–Crippen LogP) is 2.23. The van der Waals surface area contributed by atoms with E-state index in [-0.39, 0.29) is 17.7 Å². The number of rotatable bonds is 6. The van der Waals surface area contributed by atoms with Crippen molar-refractivity contribution in [3.05, 3.63) is 29.3 Å². The van der Waals surface area contributed by atoms with Crippen LogP contribution >= 0.6 is 0 Å². The monoisotopic (exact) mass is 299 g/mol. The van der Waals surface area contributed by atoms with E-state index in [9.17, 15) is 13.2 Å². The third-order valence-corrected chi connectivity index (χ3v) is 4.85. The summed E-state index contributed by atoms with van der Waals surface area (Å²) in [7, 11) is -3.66. The Hall–Kier alpha value is -1.40. The second kappa shape index (κ2) is 5.93. The minimum absolute atomic E-state index is 0.0810. The first kappa shape index (κ1) is 16.7. The van der Waals surface area contributed by atoms with Gasteiger partial charge in [-0.3, -0.25) is 4.79 Å². The summed E-state index contributed by atoms with van der Waals surface area (Å²) in [4.78, 5) is 10.8. The summed E-state index contributed by atoms with van der Waals surface area (Å²) in [5.41, 5.74) is 0.854. The van der Waals surface area contributed by atoms with Crippen LogP contribution in [-0.2, 0) is 14.8 Å². The molecule has 0 amide bonds. The number of benzene rings is 1. The number of hydrogen-bond acceptors (Lipinski definition) is 3. The molecule has 2 N–H and O–H groups in total. The average Bonchev–Trinajstić information content (AvgIpc) is 2.24. The van der Waals surface area contributed by atoms with E-state index in [0.717, 1.165) is 5.56 Å². The molecule has 0 heterocycles. The zero-order valence-electron chi connectivity index (χ0n) is 12.2. The quantitative estimate of drug-likeness (QED) is 0.843. The normalized spacial score (nSPS) is 12.4. The third kappa shape index (κ3) is 4.61. The predicted molar refractivity (Wildman–Crippen MR) is 77.2 cm³/mol. The number of carboxylic acid groups (broad SMARTS) is 1. The fourth-order valence-electron chi connectivity index (χ4n) is 1.99. The van der Waals surface area contributed by atoms with Crippen LogP contribution in [0.5, 0.6) is 0 Å². The van der Waals surface area contributed by atoms with Gasteiger partial charge in [0.05, 0.1) is 4.90 Å². The molecule has 1 aromatic carbocycles. The number of aliphatic carboxylic acids is 1. The van der Waals surface area contributed by atoms with Crippen molar-refractivity contribution in [1.82, 2.24) is 4.72 Å². The van der Waals surface area contributed by atoms with Crippen LogP contribution in [0.25, 0.3) is 0 Å². The van der Waals surface area contributed by atoms with Crippen LogP contribution in [0, 0.1) is 13.8 Å². The van der Waals surface area contributed by atoms with E-state index in [1.165, 1.54) is 0 Å². The van der Waals surface area contributed by atoms with E-state index in [1.807, 2.05) is 6.92 Å². The summed E-state index contributed by atoms with van der Waals surface area (Å²) in [5, 5.41) is 8.69. The molecule has 0 aliphatic heterocycles. The van der Waals surface area contributed by atoms with E-state index >= 15 is 0 Å². The Kier molecular flexibility index (Phi) is 4.94. The van der Waals surface area contributed by atoms with Gasteiger partial charge in [-0.05, 0) is 45.7 Å². The first-order valence-corrected chi connectivity index (χ1v) is 7.85. The molecule has 0 fully saturated rings. The summed E-state index contributed by atoms with van der Waals surface area (Å²) in [6.07, 6.45) is 0.148. The summed E-state index contributed by atoms with van der Waals surface area (Å²) in [6, 6.07) is 5.12. The molecule has 112 valence electrons. The van der Waals surface area contributed by atoms with E-state index in [1.54, 1.807) is 39.0 Å². The lowest BCUT2D eigenvalue weighted by molar-refractivity contribution is -0.137. The van der Waals surface area contributed by atoms with Crippen molar-refractivity contribution in [3.8, 4) is 0 Å². The molecule has 0 saturated carbocycles. The highest BCUT2D eigenvalue weighted by atomic mass is 32.2. The molecule has 1 aromatic rings. The molecule has 0 aliphatic carbocycles. The highest BCUT2D eigenvalue weighted by Gasteiger charge is 2.27. The second-order valence-electron chi connectivity index (χ2n) is 5.65. The summed E-state index contributed by atoms with van der Waals surface area (Å²) < 4.78 is 27.3. The smallest absolute Gasteiger partial charge is 0.303 e. The zero-order valence-corrected chi connectivity index (χ0v) is 13.0. The van der Waals surface area contributed by atoms with Crippen LogP contribution < -0.4 is 4.72 Å². The number of sulfonamides is 1. The molecular formula is C14H21NO4S. The molecular weight excluding hydrogens is 278 g/mol. The first-order chi connectivity index (χ1) is 9.03. The molecule has 0 atom stereocenters. The van der Waals surface area contributed by atoms with Crippen molar-refractivity contribution in [3.63, 3.8) is 0 Å². The van der Waals surface area contributed by atoms with Crippen LogP contribution in [-0.4, -0.2) is 25.0 Å².